The fraction of sp³-hybridized carbons (Fsp3) is 0.357. The average molecular weight is 357 g/mol. The minimum atomic E-state index is -0.332. The van der Waals surface area contributed by atoms with Crippen LogP contribution in [0.15, 0.2) is 18.2 Å². The van der Waals surface area contributed by atoms with Gasteiger partial charge in [0.1, 0.15) is 5.82 Å². The predicted octanol–water partition coefficient (Wildman–Crippen LogP) is 2.92. The van der Waals surface area contributed by atoms with Gasteiger partial charge in [-0.1, -0.05) is 5.92 Å². The molecule has 0 radical (unpaired) electrons. The molecule has 0 heterocycles. The second-order valence-electron chi connectivity index (χ2n) is 4.46. The summed E-state index contributed by atoms with van der Waals surface area (Å²) in [5.41, 5.74) is 0.521. The van der Waals surface area contributed by atoms with Crippen molar-refractivity contribution in [2.45, 2.75) is 12.8 Å². The van der Waals surface area contributed by atoms with Gasteiger partial charge in [-0.2, -0.15) is 0 Å². The summed E-state index contributed by atoms with van der Waals surface area (Å²) in [6, 6.07) is 4.19. The lowest BCUT2D eigenvalue weighted by Crippen LogP contribution is -2.33. The van der Waals surface area contributed by atoms with E-state index in [4.69, 9.17) is 6.42 Å². The molecule has 1 aliphatic carbocycles. The Morgan fingerprint density at radius 2 is 2.28 bits per heavy atom. The molecule has 0 unspecified atom stereocenters. The van der Waals surface area contributed by atoms with E-state index in [2.05, 4.69) is 5.92 Å². The van der Waals surface area contributed by atoms with E-state index in [0.717, 1.165) is 12.8 Å². The first kappa shape index (κ1) is 13.3. The van der Waals surface area contributed by atoms with Crippen molar-refractivity contribution in [3.8, 4) is 12.3 Å². The lowest BCUT2D eigenvalue weighted by molar-refractivity contribution is 0.0768. The third kappa shape index (κ3) is 3.22. The Bertz CT molecular complexity index is 505. The van der Waals surface area contributed by atoms with Crippen molar-refractivity contribution in [2.24, 2.45) is 5.92 Å². The maximum atomic E-state index is 13.0. The van der Waals surface area contributed by atoms with Crippen LogP contribution in [0.3, 0.4) is 0 Å². The van der Waals surface area contributed by atoms with E-state index >= 15 is 0 Å². The number of halogens is 2. The lowest BCUT2D eigenvalue weighted by Gasteiger charge is -2.20. The molecule has 0 aliphatic heterocycles. The van der Waals surface area contributed by atoms with Crippen LogP contribution >= 0.6 is 22.6 Å². The van der Waals surface area contributed by atoms with Crippen molar-refractivity contribution in [2.75, 3.05) is 13.1 Å². The zero-order valence-corrected chi connectivity index (χ0v) is 12.0. The zero-order chi connectivity index (χ0) is 13.1. The number of hydrogen-bond donors (Lipinski definition) is 0. The van der Waals surface area contributed by atoms with Crippen LogP contribution in [-0.4, -0.2) is 23.9 Å². The van der Waals surface area contributed by atoms with Crippen LogP contribution in [0.4, 0.5) is 4.39 Å². The molecule has 18 heavy (non-hydrogen) atoms. The topological polar surface area (TPSA) is 20.3 Å². The smallest absolute Gasteiger partial charge is 0.255 e. The monoisotopic (exact) mass is 357 g/mol. The van der Waals surface area contributed by atoms with E-state index in [1.807, 2.05) is 22.6 Å². The maximum Gasteiger partial charge on any atom is 0.255 e. The molecule has 0 bridgehead atoms. The van der Waals surface area contributed by atoms with Crippen LogP contribution in [0, 0.1) is 27.6 Å². The minimum Gasteiger partial charge on any atom is -0.327 e. The molecule has 0 atom stereocenters. The number of rotatable bonds is 4. The van der Waals surface area contributed by atoms with E-state index < -0.39 is 0 Å². The molecular weight excluding hydrogens is 344 g/mol. The van der Waals surface area contributed by atoms with Crippen molar-refractivity contribution in [3.63, 3.8) is 0 Å². The largest absolute Gasteiger partial charge is 0.327 e. The standard InChI is InChI=1S/C14H13FINO/c1-2-7-17(9-10-3-4-10)14(18)12-6-5-11(15)8-13(12)16/h1,5-6,8,10H,3-4,7,9H2. The number of carbonyl (C=O) groups excluding carboxylic acids is 1. The Labute approximate surface area is 120 Å². The van der Waals surface area contributed by atoms with E-state index in [1.165, 1.54) is 18.2 Å². The number of terminal acetylenes is 1. The van der Waals surface area contributed by atoms with Gasteiger partial charge in [-0.25, -0.2) is 4.39 Å². The Hall–Kier alpha value is -1.09. The Kier molecular flexibility index (Phi) is 4.23. The van der Waals surface area contributed by atoms with Crippen molar-refractivity contribution < 1.29 is 9.18 Å². The van der Waals surface area contributed by atoms with Crippen LogP contribution in [0.5, 0.6) is 0 Å². The summed E-state index contributed by atoms with van der Waals surface area (Å²) in [5.74, 6) is 2.66. The van der Waals surface area contributed by atoms with E-state index in [1.54, 1.807) is 4.90 Å². The number of amides is 1. The molecule has 4 heteroatoms. The number of carbonyl (C=O) groups is 1. The van der Waals surface area contributed by atoms with Crippen LogP contribution in [0.2, 0.25) is 0 Å². The predicted molar refractivity (Wildman–Crippen MR) is 76.6 cm³/mol. The van der Waals surface area contributed by atoms with Crippen molar-refractivity contribution in [3.05, 3.63) is 33.1 Å². The molecule has 1 fully saturated rings. The quantitative estimate of drug-likeness (QED) is 0.600. The molecule has 0 saturated heterocycles. The Morgan fingerprint density at radius 1 is 1.56 bits per heavy atom. The molecule has 1 aromatic rings. The van der Waals surface area contributed by atoms with Crippen LogP contribution in [0.25, 0.3) is 0 Å². The lowest BCUT2D eigenvalue weighted by atomic mass is 10.2. The summed E-state index contributed by atoms with van der Waals surface area (Å²) in [4.78, 5) is 14.0. The number of nitrogens with zero attached hydrogens (tertiary/aromatic N) is 1. The van der Waals surface area contributed by atoms with Gasteiger partial charge in [-0.05, 0) is 59.5 Å². The molecule has 2 rings (SSSR count). The van der Waals surface area contributed by atoms with Gasteiger partial charge in [0.2, 0.25) is 0 Å². The van der Waals surface area contributed by atoms with E-state index in [9.17, 15) is 9.18 Å². The summed E-state index contributed by atoms with van der Waals surface area (Å²) in [7, 11) is 0. The zero-order valence-electron chi connectivity index (χ0n) is 9.83. The molecular formula is C14H13FINO. The molecule has 0 N–H and O–H groups in total. The van der Waals surface area contributed by atoms with E-state index in [-0.39, 0.29) is 11.7 Å². The van der Waals surface area contributed by atoms with Gasteiger partial charge in [-0.15, -0.1) is 6.42 Å². The third-order valence-electron chi connectivity index (χ3n) is 2.91. The molecule has 2 nitrogen and oxygen atoms in total. The molecule has 94 valence electrons. The molecule has 0 aromatic heterocycles. The maximum absolute atomic E-state index is 13.0. The number of hydrogen-bond acceptors (Lipinski definition) is 1. The average Bonchev–Trinajstić information content (AvgIpc) is 3.11. The summed E-state index contributed by atoms with van der Waals surface area (Å²) >= 11 is 1.97. The molecule has 1 aliphatic rings. The van der Waals surface area contributed by atoms with Crippen molar-refractivity contribution >= 4 is 28.5 Å². The third-order valence-corrected chi connectivity index (χ3v) is 3.80. The Morgan fingerprint density at radius 3 is 2.83 bits per heavy atom. The molecule has 0 spiro atoms. The Balaban J connectivity index is 2.18. The van der Waals surface area contributed by atoms with Gasteiger partial charge < -0.3 is 4.90 Å². The van der Waals surface area contributed by atoms with Gasteiger partial charge in [0.25, 0.3) is 5.91 Å². The second-order valence-corrected chi connectivity index (χ2v) is 5.62. The highest BCUT2D eigenvalue weighted by Gasteiger charge is 2.27. The highest BCUT2D eigenvalue weighted by molar-refractivity contribution is 14.1. The molecule has 1 amide bonds. The van der Waals surface area contributed by atoms with Gasteiger partial charge in [0, 0.05) is 10.1 Å². The van der Waals surface area contributed by atoms with Gasteiger partial charge in [-0.3, -0.25) is 4.79 Å². The number of benzene rings is 1. The molecule has 1 saturated carbocycles. The summed E-state index contributed by atoms with van der Waals surface area (Å²) in [6.07, 6.45) is 7.62. The summed E-state index contributed by atoms with van der Waals surface area (Å²) in [5, 5.41) is 0. The van der Waals surface area contributed by atoms with Crippen molar-refractivity contribution in [1.29, 1.82) is 0 Å². The summed E-state index contributed by atoms with van der Waals surface area (Å²) < 4.78 is 13.6. The van der Waals surface area contributed by atoms with Gasteiger partial charge in [0.15, 0.2) is 0 Å². The minimum absolute atomic E-state index is 0.107. The first-order chi connectivity index (χ1) is 8.61. The first-order valence-electron chi connectivity index (χ1n) is 5.79. The fourth-order valence-electron chi connectivity index (χ4n) is 1.77. The van der Waals surface area contributed by atoms with Crippen LogP contribution in [0.1, 0.15) is 23.2 Å². The normalized spacial score (nSPS) is 14.1. The summed E-state index contributed by atoms with van der Waals surface area (Å²) in [6.45, 7) is 1.01. The second kappa shape index (κ2) is 5.70. The SMILES string of the molecule is C#CCN(CC1CC1)C(=O)c1ccc(F)cc1I. The van der Waals surface area contributed by atoms with Gasteiger partial charge >= 0.3 is 0 Å². The van der Waals surface area contributed by atoms with Gasteiger partial charge in [0.05, 0.1) is 12.1 Å². The molecule has 1 aromatic carbocycles. The van der Waals surface area contributed by atoms with Crippen molar-refractivity contribution in [1.82, 2.24) is 4.90 Å². The highest BCUT2D eigenvalue weighted by atomic mass is 127. The van der Waals surface area contributed by atoms with Crippen LogP contribution in [-0.2, 0) is 0 Å². The first-order valence-corrected chi connectivity index (χ1v) is 6.87. The van der Waals surface area contributed by atoms with Crippen LogP contribution < -0.4 is 0 Å². The highest BCUT2D eigenvalue weighted by Crippen LogP contribution is 2.30. The fourth-order valence-corrected chi connectivity index (χ4v) is 2.48. The van der Waals surface area contributed by atoms with E-state index in [0.29, 0.717) is 28.1 Å².